The highest BCUT2D eigenvalue weighted by molar-refractivity contribution is 8.07. The number of carbonyl (C=O) groups excluding carboxylic acids is 1. The van der Waals surface area contributed by atoms with Crippen LogP contribution < -0.4 is 5.32 Å². The van der Waals surface area contributed by atoms with Gasteiger partial charge in [-0.1, -0.05) is 6.92 Å². The number of aliphatic hydroxyl groups excluding tert-OH is 2. The Hall–Kier alpha value is -0.580. The van der Waals surface area contributed by atoms with Crippen LogP contribution in [0.25, 0.3) is 0 Å². The maximum atomic E-state index is 11.2. The van der Waals surface area contributed by atoms with Gasteiger partial charge in [0.2, 0.25) is 12.3 Å². The zero-order chi connectivity index (χ0) is 16.5. The molecule has 1 fully saturated rings. The van der Waals surface area contributed by atoms with Crippen LogP contribution in [0.1, 0.15) is 13.3 Å². The summed E-state index contributed by atoms with van der Waals surface area (Å²) in [6, 6.07) is 0. The molecule has 4 unspecified atom stereocenters. The standard InChI is InChI=1S/C11H19N2O7PS/c1-3-6-9(20-21(17,22)18-2)8(15)10(19-6)13-5-4-7(14)12-11(13)16/h4-6,8-11,15-16H,3H2,1-2H3,(H,12,14)(H,17,22)/t6-,8?,9?,10-,11?,21?/m1/s1. The fraction of sp³-hybridized carbons (Fsp3) is 0.727. The number of ether oxygens (including phenoxy) is 1. The quantitative estimate of drug-likeness (QED) is 0.458. The van der Waals surface area contributed by atoms with Crippen LogP contribution in [0.4, 0.5) is 0 Å². The van der Waals surface area contributed by atoms with E-state index in [1.807, 2.05) is 6.92 Å². The van der Waals surface area contributed by atoms with E-state index in [4.69, 9.17) is 25.6 Å². The van der Waals surface area contributed by atoms with Crippen molar-refractivity contribution >= 4 is 24.4 Å². The summed E-state index contributed by atoms with van der Waals surface area (Å²) in [5, 5.41) is 22.5. The summed E-state index contributed by atoms with van der Waals surface area (Å²) < 4.78 is 15.7. The third-order valence-corrected chi connectivity index (χ3v) is 5.12. The van der Waals surface area contributed by atoms with Crippen molar-refractivity contribution < 1.29 is 33.7 Å². The molecule has 2 heterocycles. The predicted molar refractivity (Wildman–Crippen MR) is 78.5 cm³/mol. The van der Waals surface area contributed by atoms with Crippen LogP contribution in [0.5, 0.6) is 0 Å². The molecule has 0 aromatic rings. The maximum absolute atomic E-state index is 11.2. The lowest BCUT2D eigenvalue weighted by molar-refractivity contribution is -0.150. The molecule has 11 heteroatoms. The number of amides is 1. The Morgan fingerprint density at radius 3 is 2.77 bits per heavy atom. The Balaban J connectivity index is 2.17. The van der Waals surface area contributed by atoms with Crippen molar-refractivity contribution in [3.05, 3.63) is 12.3 Å². The third kappa shape index (κ3) is 3.66. The molecule has 0 radical (unpaired) electrons. The molecule has 126 valence electrons. The number of hydrogen-bond donors (Lipinski definition) is 4. The molecule has 0 saturated carbocycles. The van der Waals surface area contributed by atoms with Gasteiger partial charge < -0.3 is 34.6 Å². The summed E-state index contributed by atoms with van der Waals surface area (Å²) in [5.41, 5.74) is 0. The van der Waals surface area contributed by atoms with Crippen molar-refractivity contribution in [1.82, 2.24) is 10.2 Å². The van der Waals surface area contributed by atoms with Gasteiger partial charge in [-0.05, 0) is 18.2 Å². The first-order chi connectivity index (χ1) is 10.3. The summed E-state index contributed by atoms with van der Waals surface area (Å²) in [6.07, 6.45) is -1.98. The van der Waals surface area contributed by atoms with Crippen LogP contribution in [-0.2, 0) is 30.4 Å². The SMILES string of the molecule is CC[C@H]1O[C@@H](N2C=CC(=O)NC2O)C(O)C1OP(O)(=S)OC. The van der Waals surface area contributed by atoms with E-state index in [2.05, 4.69) is 5.32 Å². The van der Waals surface area contributed by atoms with Gasteiger partial charge >= 0.3 is 6.72 Å². The second kappa shape index (κ2) is 6.90. The normalized spacial score (nSPS) is 38.0. The molecule has 2 rings (SSSR count). The van der Waals surface area contributed by atoms with Crippen LogP contribution in [0.3, 0.4) is 0 Å². The molecule has 0 bridgehead atoms. The minimum absolute atomic E-state index is 0.457. The Morgan fingerprint density at radius 1 is 1.55 bits per heavy atom. The van der Waals surface area contributed by atoms with Gasteiger partial charge in [0, 0.05) is 19.4 Å². The molecule has 6 atom stereocenters. The number of carbonyl (C=O) groups is 1. The Kier molecular flexibility index (Phi) is 5.57. The van der Waals surface area contributed by atoms with Crippen molar-refractivity contribution in [3.8, 4) is 0 Å². The van der Waals surface area contributed by atoms with Crippen molar-refractivity contribution in [2.45, 2.75) is 44.2 Å². The minimum atomic E-state index is -3.48. The first-order valence-electron chi connectivity index (χ1n) is 6.63. The lowest BCUT2D eigenvalue weighted by Gasteiger charge is -2.35. The molecule has 2 aliphatic heterocycles. The molecule has 0 spiro atoms. The summed E-state index contributed by atoms with van der Waals surface area (Å²) in [6.45, 7) is -1.66. The predicted octanol–water partition coefficient (Wildman–Crippen LogP) is -1.05. The Morgan fingerprint density at radius 2 is 2.23 bits per heavy atom. The van der Waals surface area contributed by atoms with Gasteiger partial charge in [0.05, 0.1) is 6.10 Å². The van der Waals surface area contributed by atoms with Gasteiger partial charge in [-0.15, -0.1) is 0 Å². The van der Waals surface area contributed by atoms with Gasteiger partial charge in [-0.3, -0.25) is 9.32 Å². The molecule has 22 heavy (non-hydrogen) atoms. The highest BCUT2D eigenvalue weighted by Gasteiger charge is 2.49. The average molecular weight is 354 g/mol. The minimum Gasteiger partial charge on any atom is -0.386 e. The summed E-state index contributed by atoms with van der Waals surface area (Å²) in [5.74, 6) is -0.457. The molecule has 0 aromatic carbocycles. The van der Waals surface area contributed by atoms with Gasteiger partial charge in [-0.25, -0.2) is 0 Å². The fourth-order valence-electron chi connectivity index (χ4n) is 2.33. The molecule has 1 amide bonds. The van der Waals surface area contributed by atoms with E-state index in [-0.39, 0.29) is 0 Å². The van der Waals surface area contributed by atoms with Crippen LogP contribution in [0.2, 0.25) is 0 Å². The molecular weight excluding hydrogens is 335 g/mol. The van der Waals surface area contributed by atoms with E-state index in [9.17, 15) is 19.9 Å². The number of nitrogens with zero attached hydrogens (tertiary/aromatic N) is 1. The van der Waals surface area contributed by atoms with Crippen molar-refractivity contribution in [2.75, 3.05) is 7.11 Å². The Labute approximate surface area is 132 Å². The monoisotopic (exact) mass is 354 g/mol. The molecular formula is C11H19N2O7PS. The molecule has 4 N–H and O–H groups in total. The van der Waals surface area contributed by atoms with Gasteiger partial charge in [0.15, 0.2) is 6.23 Å². The smallest absolute Gasteiger partial charge is 0.324 e. The van der Waals surface area contributed by atoms with E-state index in [1.165, 1.54) is 24.3 Å². The van der Waals surface area contributed by atoms with Gasteiger partial charge in [-0.2, -0.15) is 0 Å². The Bertz CT molecular complexity index is 505. The fourth-order valence-corrected chi connectivity index (χ4v) is 3.28. The molecule has 0 aromatic heterocycles. The second-order valence-electron chi connectivity index (χ2n) is 4.83. The third-order valence-electron chi connectivity index (χ3n) is 3.44. The number of nitrogens with one attached hydrogen (secondary N) is 1. The largest absolute Gasteiger partial charge is 0.386 e. The maximum Gasteiger partial charge on any atom is 0.324 e. The van der Waals surface area contributed by atoms with Crippen LogP contribution in [-0.4, -0.2) is 63.9 Å². The van der Waals surface area contributed by atoms with Crippen LogP contribution >= 0.6 is 6.72 Å². The topological polar surface area (TPSA) is 121 Å². The number of hydrogen-bond acceptors (Lipinski definition) is 8. The van der Waals surface area contributed by atoms with E-state index in [0.29, 0.717) is 6.42 Å². The van der Waals surface area contributed by atoms with Gasteiger partial charge in [0.25, 0.3) is 0 Å². The highest BCUT2D eigenvalue weighted by Crippen LogP contribution is 2.47. The zero-order valence-corrected chi connectivity index (χ0v) is 13.7. The molecule has 2 aliphatic rings. The molecule has 1 saturated heterocycles. The number of rotatable bonds is 5. The lowest BCUT2D eigenvalue weighted by Crippen LogP contribution is -2.55. The zero-order valence-electron chi connectivity index (χ0n) is 12.0. The summed E-state index contributed by atoms with van der Waals surface area (Å²) >= 11 is 4.79. The first-order valence-corrected chi connectivity index (χ1v) is 9.23. The van der Waals surface area contributed by atoms with Crippen LogP contribution in [0.15, 0.2) is 12.3 Å². The first kappa shape index (κ1) is 17.8. The highest BCUT2D eigenvalue weighted by atomic mass is 32.5. The molecule has 0 aliphatic carbocycles. The van der Waals surface area contributed by atoms with Crippen molar-refractivity contribution in [1.29, 1.82) is 0 Å². The lowest BCUT2D eigenvalue weighted by atomic mass is 10.1. The van der Waals surface area contributed by atoms with E-state index in [0.717, 1.165) is 0 Å². The average Bonchev–Trinajstić information content (AvgIpc) is 2.76. The molecule has 9 nitrogen and oxygen atoms in total. The van der Waals surface area contributed by atoms with E-state index < -0.39 is 43.5 Å². The van der Waals surface area contributed by atoms with Crippen LogP contribution in [0, 0.1) is 0 Å². The summed E-state index contributed by atoms with van der Waals surface area (Å²) in [4.78, 5) is 22.2. The summed E-state index contributed by atoms with van der Waals surface area (Å²) in [7, 11) is 1.22. The van der Waals surface area contributed by atoms with Crippen molar-refractivity contribution in [2.24, 2.45) is 0 Å². The second-order valence-corrected chi connectivity index (χ2v) is 7.73. The van der Waals surface area contributed by atoms with Gasteiger partial charge in [0.1, 0.15) is 12.2 Å². The van der Waals surface area contributed by atoms with Crippen molar-refractivity contribution in [3.63, 3.8) is 0 Å². The van der Waals surface area contributed by atoms with E-state index >= 15 is 0 Å². The van der Waals surface area contributed by atoms with E-state index in [1.54, 1.807) is 0 Å². The number of aliphatic hydroxyl groups is 2.